The minimum Gasteiger partial charge on any atom is -0.372 e. The summed E-state index contributed by atoms with van der Waals surface area (Å²) in [5.41, 5.74) is 0. The Labute approximate surface area is 439 Å². The van der Waals surface area contributed by atoms with Crippen LogP contribution in [0.3, 0.4) is 0 Å². The van der Waals surface area contributed by atoms with Crippen molar-refractivity contribution < 1.29 is 9.47 Å². The first-order chi connectivity index (χ1) is 35.8. The van der Waals surface area contributed by atoms with Gasteiger partial charge in [-0.2, -0.15) is 0 Å². The lowest BCUT2D eigenvalue weighted by molar-refractivity contribution is -0.243. The number of likely N-dealkylation sites (tertiary alicyclic amines) is 2. The van der Waals surface area contributed by atoms with Gasteiger partial charge in [0.25, 0.3) is 0 Å². The molecule has 0 aromatic rings. The highest BCUT2D eigenvalue weighted by Crippen LogP contribution is 2.60. The summed E-state index contributed by atoms with van der Waals surface area (Å²) in [5.74, 6) is 6.03. The average molecular weight is 992 g/mol. The number of morpholine rings is 2. The average Bonchev–Trinajstić information content (AvgIpc) is 3.96. The molecule has 0 spiro atoms. The van der Waals surface area contributed by atoms with Gasteiger partial charge >= 0.3 is 0 Å². The van der Waals surface area contributed by atoms with E-state index in [0.29, 0.717) is 85.0 Å². The lowest BCUT2D eigenvalue weighted by Gasteiger charge is -2.68. The molecule has 6 aliphatic heterocycles. The van der Waals surface area contributed by atoms with Crippen LogP contribution >= 0.6 is 0 Å². The second kappa shape index (κ2) is 21.1. The van der Waals surface area contributed by atoms with Crippen molar-refractivity contribution in [3.63, 3.8) is 0 Å². The summed E-state index contributed by atoms with van der Waals surface area (Å²) in [6.07, 6.45) is 58.3. The van der Waals surface area contributed by atoms with Gasteiger partial charge in [0, 0.05) is 66.5 Å². The second-order valence-corrected chi connectivity index (χ2v) is 29.0. The van der Waals surface area contributed by atoms with E-state index in [9.17, 15) is 0 Å². The van der Waals surface area contributed by atoms with Gasteiger partial charge in [0.1, 0.15) is 0 Å². The fourth-order valence-electron chi connectivity index (χ4n) is 23.6. The topological polar surface area (TPSA) is 55.5 Å². The van der Waals surface area contributed by atoms with E-state index in [2.05, 4.69) is 24.9 Å². The highest BCUT2D eigenvalue weighted by molar-refractivity contribution is 5.21. The Hall–Kier alpha value is -0.320. The van der Waals surface area contributed by atoms with Gasteiger partial charge in [0.15, 0.2) is 0 Å². The van der Waals surface area contributed by atoms with Crippen LogP contribution in [-0.4, -0.2) is 129 Å². The smallest absolute Gasteiger partial charge is 0.0780 e. The number of hydrogen-bond donors (Lipinski definition) is 2. The summed E-state index contributed by atoms with van der Waals surface area (Å²) in [5, 5.41) is 9.78. The van der Waals surface area contributed by atoms with Crippen LogP contribution < -0.4 is 10.6 Å². The van der Waals surface area contributed by atoms with Crippen molar-refractivity contribution in [2.24, 2.45) is 41.4 Å². The van der Waals surface area contributed by atoms with E-state index < -0.39 is 0 Å². The maximum Gasteiger partial charge on any atom is 0.0780 e. The Morgan fingerprint density at radius 2 is 0.569 bits per heavy atom. The van der Waals surface area contributed by atoms with E-state index in [-0.39, 0.29) is 0 Å². The molecule has 23 unspecified atom stereocenters. The molecule has 9 saturated carbocycles. The molecule has 15 fully saturated rings. The van der Waals surface area contributed by atoms with Gasteiger partial charge in [-0.1, -0.05) is 122 Å². The van der Waals surface area contributed by atoms with E-state index in [1.54, 1.807) is 0 Å². The number of nitrogens with zero attached hydrogens (tertiary/aromatic N) is 4. The fraction of sp³-hybridized carbons (Fsp3) is 1.00. The molecule has 8 nitrogen and oxygen atoms in total. The molecule has 15 rings (SSSR count). The van der Waals surface area contributed by atoms with Gasteiger partial charge < -0.3 is 14.8 Å². The van der Waals surface area contributed by atoms with Crippen molar-refractivity contribution in [1.29, 1.82) is 0 Å². The van der Waals surface area contributed by atoms with Gasteiger partial charge in [-0.15, -0.1) is 0 Å². The Morgan fingerprint density at radius 3 is 0.931 bits per heavy atom. The van der Waals surface area contributed by atoms with Crippen molar-refractivity contribution in [3.05, 3.63) is 0 Å². The van der Waals surface area contributed by atoms with Crippen LogP contribution in [-0.2, 0) is 9.47 Å². The first-order valence-corrected chi connectivity index (χ1v) is 33.7. The van der Waals surface area contributed by atoms with E-state index in [1.807, 2.05) is 0 Å². The number of piperidine rings is 2. The highest BCUT2D eigenvalue weighted by atomic mass is 16.5. The predicted molar refractivity (Wildman–Crippen MR) is 290 cm³/mol. The molecular formula is C64H106N6O2. The number of rotatable bonds is 6. The molecule has 404 valence electrons. The molecule has 72 heavy (non-hydrogen) atoms. The van der Waals surface area contributed by atoms with Crippen LogP contribution in [0.5, 0.6) is 0 Å². The lowest BCUT2D eigenvalue weighted by atomic mass is 9.61. The second-order valence-electron chi connectivity index (χ2n) is 29.0. The van der Waals surface area contributed by atoms with Crippen molar-refractivity contribution in [3.8, 4) is 0 Å². The van der Waals surface area contributed by atoms with Gasteiger partial charge in [-0.3, -0.25) is 24.9 Å². The molecule has 2 N–H and O–H groups in total. The van der Waals surface area contributed by atoms with Gasteiger partial charge in [-0.25, -0.2) is 0 Å². The zero-order valence-electron chi connectivity index (χ0n) is 45.7. The first-order valence-electron chi connectivity index (χ1n) is 33.7. The molecule has 0 bridgehead atoms. The zero-order chi connectivity index (χ0) is 47.3. The number of hydrogen-bond acceptors (Lipinski definition) is 8. The predicted octanol–water partition coefficient (Wildman–Crippen LogP) is 12.3. The van der Waals surface area contributed by atoms with E-state index in [0.717, 1.165) is 59.7 Å². The molecule has 9 aliphatic carbocycles. The monoisotopic (exact) mass is 991 g/mol. The number of nitrogens with one attached hydrogen (secondary N) is 2. The van der Waals surface area contributed by atoms with Gasteiger partial charge in [0.05, 0.1) is 36.7 Å². The van der Waals surface area contributed by atoms with Crippen LogP contribution in [0.25, 0.3) is 0 Å². The Morgan fingerprint density at radius 1 is 0.264 bits per heavy atom. The Balaban J connectivity index is 0.981. The van der Waals surface area contributed by atoms with Crippen LogP contribution in [0.4, 0.5) is 0 Å². The van der Waals surface area contributed by atoms with Gasteiger partial charge in [0.2, 0.25) is 0 Å². The standard InChI is InChI=1S/C64H106N6O2/c1-2-26-46(41(21-1)47-27-19-20-40-65-47)60-61(67-48-28-7-3-22-42(48)43-23-4-8-29-49(43)67)63(69-52-32-11-15-36-56(52)71-57-37-16-12-33-53(57)69)66-64(70-54-34-13-17-38-58(54)72-59-39-18-14-35-55(59)70)62(60)68-50-30-9-5-24-44(50)45-25-6-10-31-51(45)68/h41-66H,1-40H2. The maximum atomic E-state index is 7.57. The number of ether oxygens (including phenoxy) is 2. The molecule has 6 saturated heterocycles. The van der Waals surface area contributed by atoms with Crippen LogP contribution in [0, 0.1) is 41.4 Å². The minimum absolute atomic E-state index is 0.403. The first kappa shape index (κ1) is 48.8. The third-order valence-electron chi connectivity index (χ3n) is 26.0. The third kappa shape index (κ3) is 8.33. The van der Waals surface area contributed by atoms with E-state index in [1.165, 1.54) is 257 Å². The summed E-state index contributed by atoms with van der Waals surface area (Å²) in [6, 6.07) is 7.30. The maximum absolute atomic E-state index is 7.57. The molecule has 23 atom stereocenters. The van der Waals surface area contributed by atoms with Crippen molar-refractivity contribution >= 4 is 0 Å². The molecule has 6 heterocycles. The molecule has 0 aromatic carbocycles. The molecule has 0 aromatic heterocycles. The Bertz CT molecular complexity index is 1630. The SMILES string of the molecule is C1CCC(C2CCCCC2C2C(N3C4CCCCC4C4CCCCC43)C(N3C4CCCCC4OC4CCCCC43)NC(N3C4CCCCC4OC4CCCCC43)C2N2C3CCCCC3C3CCCCC32)NC1. The van der Waals surface area contributed by atoms with Crippen LogP contribution in [0.1, 0.15) is 250 Å². The minimum atomic E-state index is 0.403. The molecule has 8 heteroatoms. The Kier molecular flexibility index (Phi) is 14.3. The summed E-state index contributed by atoms with van der Waals surface area (Å²) < 4.78 is 15.1. The highest BCUT2D eigenvalue weighted by Gasteiger charge is 2.67. The summed E-state index contributed by atoms with van der Waals surface area (Å²) in [6.45, 7) is 1.26. The molecule has 0 amide bonds. The van der Waals surface area contributed by atoms with Gasteiger partial charge in [-0.05, 0) is 176 Å². The normalized spacial score (nSPS) is 53.7. The molecular weight excluding hydrogens is 885 g/mol. The molecule has 0 radical (unpaired) electrons. The van der Waals surface area contributed by atoms with Crippen LogP contribution in [0.15, 0.2) is 0 Å². The fourth-order valence-corrected chi connectivity index (χ4v) is 23.6. The zero-order valence-corrected chi connectivity index (χ0v) is 45.7. The summed E-state index contributed by atoms with van der Waals surface area (Å²) >= 11 is 0. The van der Waals surface area contributed by atoms with Crippen LogP contribution in [0.2, 0.25) is 0 Å². The van der Waals surface area contributed by atoms with E-state index >= 15 is 0 Å². The van der Waals surface area contributed by atoms with Crippen molar-refractivity contribution in [2.45, 2.75) is 354 Å². The summed E-state index contributed by atoms with van der Waals surface area (Å²) in [7, 11) is 0. The lowest BCUT2D eigenvalue weighted by Crippen LogP contribution is -2.84. The number of fused-ring (bicyclic) bond motifs is 10. The quantitative estimate of drug-likeness (QED) is 0.273. The van der Waals surface area contributed by atoms with Crippen molar-refractivity contribution in [1.82, 2.24) is 30.2 Å². The molecule has 15 aliphatic rings. The van der Waals surface area contributed by atoms with Crippen molar-refractivity contribution in [2.75, 3.05) is 6.54 Å². The van der Waals surface area contributed by atoms with E-state index in [4.69, 9.17) is 14.8 Å². The largest absolute Gasteiger partial charge is 0.372 e. The third-order valence-corrected chi connectivity index (χ3v) is 26.0. The summed E-state index contributed by atoms with van der Waals surface area (Å²) in [4.78, 5) is 14.2.